The highest BCUT2D eigenvalue weighted by Crippen LogP contribution is 2.35. The number of amides is 3. The summed E-state index contributed by atoms with van der Waals surface area (Å²) in [7, 11) is 0. The van der Waals surface area contributed by atoms with Crippen molar-refractivity contribution in [3.05, 3.63) is 101 Å². The molecule has 0 aromatic heterocycles. The standard InChI is InChI=1S/C32H33F2N3O5/c1-19-22(12-7-13-27(19)38)29(40)36-25(16-20-8-3-2-4-9-20)28(39)31(42)37-18-32(33,34)17-26(37)30(41)35-24-15-14-21-10-5-6-11-23(21)24/h2-13,24-26,28,38-39H,14-18H2,1H3,(H,35,41)(H,36,40). The highest BCUT2D eigenvalue weighted by Gasteiger charge is 2.52. The molecule has 2 aliphatic rings. The summed E-state index contributed by atoms with van der Waals surface area (Å²) in [6.45, 7) is 0.524. The second kappa shape index (κ2) is 11.9. The minimum atomic E-state index is -3.33. The molecule has 0 saturated carbocycles. The second-order valence-corrected chi connectivity index (χ2v) is 11.0. The maximum Gasteiger partial charge on any atom is 0.267 e. The number of carbonyl (C=O) groups excluding carboxylic acids is 3. The maximum atomic E-state index is 14.7. The third-order valence-corrected chi connectivity index (χ3v) is 8.10. The van der Waals surface area contributed by atoms with Crippen LogP contribution < -0.4 is 10.6 Å². The van der Waals surface area contributed by atoms with Crippen molar-refractivity contribution < 1.29 is 33.4 Å². The highest BCUT2D eigenvalue weighted by atomic mass is 19.3. The normalized spacial score (nSPS) is 20.4. The number of aliphatic hydroxyl groups excluding tert-OH is 1. The van der Waals surface area contributed by atoms with E-state index < -0.39 is 54.8 Å². The van der Waals surface area contributed by atoms with E-state index in [0.717, 1.165) is 22.4 Å². The van der Waals surface area contributed by atoms with Gasteiger partial charge in [0.15, 0.2) is 6.10 Å². The first kappa shape index (κ1) is 29.2. The molecule has 3 aromatic carbocycles. The number of halogens is 2. The minimum Gasteiger partial charge on any atom is -0.508 e. The van der Waals surface area contributed by atoms with E-state index in [2.05, 4.69) is 10.6 Å². The molecule has 0 bridgehead atoms. The van der Waals surface area contributed by atoms with E-state index in [9.17, 15) is 33.4 Å². The second-order valence-electron chi connectivity index (χ2n) is 11.0. The number of nitrogens with zero attached hydrogens (tertiary/aromatic N) is 1. The topological polar surface area (TPSA) is 119 Å². The Bertz CT molecular complexity index is 1480. The fourth-order valence-electron chi connectivity index (χ4n) is 5.82. The van der Waals surface area contributed by atoms with Crippen LogP contribution in [0.3, 0.4) is 0 Å². The van der Waals surface area contributed by atoms with Gasteiger partial charge < -0.3 is 25.7 Å². The van der Waals surface area contributed by atoms with Gasteiger partial charge in [0.2, 0.25) is 5.91 Å². The molecule has 3 aromatic rings. The SMILES string of the molecule is Cc1c(O)cccc1C(=O)NC(Cc1ccccc1)C(O)C(=O)N1CC(F)(F)CC1C(=O)NC1CCc2ccccc21. The van der Waals surface area contributed by atoms with Crippen LogP contribution in [0.2, 0.25) is 0 Å². The Morgan fingerprint density at radius 3 is 2.50 bits per heavy atom. The molecule has 3 amide bonds. The number of nitrogens with one attached hydrogen (secondary N) is 2. The van der Waals surface area contributed by atoms with Crippen LogP contribution in [-0.2, 0) is 22.4 Å². The lowest BCUT2D eigenvalue weighted by Crippen LogP contribution is -2.56. The molecule has 1 aliphatic heterocycles. The predicted molar refractivity (Wildman–Crippen MR) is 151 cm³/mol. The van der Waals surface area contributed by atoms with E-state index >= 15 is 0 Å². The summed E-state index contributed by atoms with van der Waals surface area (Å²) in [6, 6.07) is 17.7. The Morgan fingerprint density at radius 2 is 1.74 bits per heavy atom. The predicted octanol–water partition coefficient (Wildman–Crippen LogP) is 3.44. The lowest BCUT2D eigenvalue weighted by Gasteiger charge is -2.30. The van der Waals surface area contributed by atoms with Crippen molar-refractivity contribution in [1.82, 2.24) is 15.5 Å². The van der Waals surface area contributed by atoms with Crippen LogP contribution >= 0.6 is 0 Å². The summed E-state index contributed by atoms with van der Waals surface area (Å²) in [5, 5.41) is 26.8. The van der Waals surface area contributed by atoms with E-state index in [4.69, 9.17) is 0 Å². The van der Waals surface area contributed by atoms with Crippen molar-refractivity contribution in [3.8, 4) is 5.75 Å². The average Bonchev–Trinajstić information content (AvgIpc) is 3.53. The number of phenolic OH excluding ortho intramolecular Hbond substituents is 1. The molecule has 220 valence electrons. The van der Waals surface area contributed by atoms with Gasteiger partial charge in [0, 0.05) is 17.5 Å². The fraction of sp³-hybridized carbons (Fsp3) is 0.344. The first-order chi connectivity index (χ1) is 20.0. The molecular formula is C32H33F2N3O5. The average molecular weight is 578 g/mol. The van der Waals surface area contributed by atoms with Gasteiger partial charge in [-0.3, -0.25) is 14.4 Å². The van der Waals surface area contributed by atoms with Gasteiger partial charge >= 0.3 is 0 Å². The molecule has 1 aliphatic carbocycles. The molecule has 5 rings (SSSR count). The number of aromatic hydroxyl groups is 1. The van der Waals surface area contributed by atoms with Gasteiger partial charge in [-0.2, -0.15) is 0 Å². The third-order valence-electron chi connectivity index (χ3n) is 8.10. The number of aryl methyl sites for hydroxylation is 1. The highest BCUT2D eigenvalue weighted by molar-refractivity contribution is 5.97. The van der Waals surface area contributed by atoms with Crippen molar-refractivity contribution in [2.75, 3.05) is 6.54 Å². The molecule has 0 spiro atoms. The van der Waals surface area contributed by atoms with Crippen molar-refractivity contribution in [1.29, 1.82) is 0 Å². The molecule has 4 unspecified atom stereocenters. The van der Waals surface area contributed by atoms with Crippen molar-refractivity contribution in [2.24, 2.45) is 0 Å². The van der Waals surface area contributed by atoms with Gasteiger partial charge in [-0.1, -0.05) is 60.7 Å². The molecule has 42 heavy (non-hydrogen) atoms. The number of hydrogen-bond acceptors (Lipinski definition) is 5. The number of fused-ring (bicyclic) bond motifs is 1. The van der Waals surface area contributed by atoms with Gasteiger partial charge in [-0.15, -0.1) is 0 Å². The zero-order valence-electron chi connectivity index (χ0n) is 23.1. The smallest absolute Gasteiger partial charge is 0.267 e. The van der Waals surface area contributed by atoms with E-state index in [0.29, 0.717) is 17.5 Å². The Balaban J connectivity index is 1.37. The molecule has 1 saturated heterocycles. The first-order valence-corrected chi connectivity index (χ1v) is 13.9. The maximum absolute atomic E-state index is 14.7. The Labute approximate surface area is 242 Å². The van der Waals surface area contributed by atoms with Crippen LogP contribution in [0.15, 0.2) is 72.8 Å². The third kappa shape index (κ3) is 6.13. The summed E-state index contributed by atoms with van der Waals surface area (Å²) < 4.78 is 29.4. The number of benzene rings is 3. The first-order valence-electron chi connectivity index (χ1n) is 13.9. The van der Waals surface area contributed by atoms with E-state index in [1.165, 1.54) is 18.2 Å². The van der Waals surface area contributed by atoms with Gasteiger partial charge in [0.25, 0.3) is 17.7 Å². The lowest BCUT2D eigenvalue weighted by atomic mass is 9.98. The molecule has 10 heteroatoms. The molecule has 4 N–H and O–H groups in total. The van der Waals surface area contributed by atoms with Gasteiger partial charge in [-0.05, 0) is 55.0 Å². The van der Waals surface area contributed by atoms with E-state index in [1.54, 1.807) is 37.3 Å². The Hall–Kier alpha value is -4.31. The minimum absolute atomic E-state index is 0.0112. The van der Waals surface area contributed by atoms with Crippen molar-refractivity contribution in [2.45, 2.75) is 62.8 Å². The molecule has 4 atom stereocenters. The summed E-state index contributed by atoms with van der Waals surface area (Å²) >= 11 is 0. The fourth-order valence-corrected chi connectivity index (χ4v) is 5.82. The Kier molecular flexibility index (Phi) is 8.27. The van der Waals surface area contributed by atoms with Crippen LogP contribution in [-0.4, -0.2) is 63.5 Å². The van der Waals surface area contributed by atoms with E-state index in [-0.39, 0.29) is 23.8 Å². The number of alkyl halides is 2. The van der Waals surface area contributed by atoms with Gasteiger partial charge in [0.1, 0.15) is 11.8 Å². The van der Waals surface area contributed by atoms with Gasteiger partial charge in [0.05, 0.1) is 18.6 Å². The molecule has 1 heterocycles. The van der Waals surface area contributed by atoms with Gasteiger partial charge in [-0.25, -0.2) is 8.78 Å². The number of phenols is 1. The van der Waals surface area contributed by atoms with E-state index in [1.807, 2.05) is 24.3 Å². The molecular weight excluding hydrogens is 544 g/mol. The molecule has 8 nitrogen and oxygen atoms in total. The van der Waals surface area contributed by atoms with Crippen LogP contribution in [0.1, 0.15) is 51.5 Å². The number of carbonyl (C=O) groups is 3. The summed E-state index contributed by atoms with van der Waals surface area (Å²) in [4.78, 5) is 40.9. The molecule has 1 fully saturated rings. The quantitative estimate of drug-likeness (QED) is 0.327. The largest absolute Gasteiger partial charge is 0.508 e. The summed E-state index contributed by atoms with van der Waals surface area (Å²) in [5.41, 5.74) is 3.11. The summed E-state index contributed by atoms with van der Waals surface area (Å²) in [5.74, 6) is -5.88. The lowest BCUT2D eigenvalue weighted by molar-refractivity contribution is -0.147. The van der Waals surface area contributed by atoms with Crippen LogP contribution in [0.25, 0.3) is 0 Å². The molecule has 0 radical (unpaired) electrons. The summed E-state index contributed by atoms with van der Waals surface area (Å²) in [6.07, 6.45) is -1.43. The Morgan fingerprint density at radius 1 is 1.02 bits per heavy atom. The zero-order chi connectivity index (χ0) is 30.0. The van der Waals surface area contributed by atoms with Crippen molar-refractivity contribution >= 4 is 17.7 Å². The monoisotopic (exact) mass is 577 g/mol. The van der Waals surface area contributed by atoms with Crippen LogP contribution in [0.5, 0.6) is 5.75 Å². The van der Waals surface area contributed by atoms with Crippen molar-refractivity contribution in [3.63, 3.8) is 0 Å². The van der Waals surface area contributed by atoms with Crippen LogP contribution in [0.4, 0.5) is 8.78 Å². The zero-order valence-corrected chi connectivity index (χ0v) is 23.1. The van der Waals surface area contributed by atoms with Crippen LogP contribution in [0, 0.1) is 6.92 Å². The number of aliphatic hydroxyl groups is 1. The number of rotatable bonds is 8. The number of hydrogen-bond donors (Lipinski definition) is 4. The number of likely N-dealkylation sites (tertiary alicyclic amines) is 1.